The van der Waals surface area contributed by atoms with E-state index in [9.17, 15) is 4.79 Å². The molecule has 1 saturated heterocycles. The molecule has 1 heterocycles. The van der Waals surface area contributed by atoms with Gasteiger partial charge in [0, 0.05) is 19.0 Å². The van der Waals surface area contributed by atoms with Crippen LogP contribution >= 0.6 is 0 Å². The number of Topliss-reactive ketones (excluding diaryl/α,β-unsaturated/α-hetero) is 1. The molecule has 90 valence electrons. The first-order valence-corrected chi connectivity index (χ1v) is 6.27. The van der Waals surface area contributed by atoms with Crippen molar-refractivity contribution in [1.29, 1.82) is 0 Å². The molecule has 0 radical (unpaired) electrons. The van der Waals surface area contributed by atoms with Gasteiger partial charge in [0.25, 0.3) is 0 Å². The van der Waals surface area contributed by atoms with E-state index < -0.39 is 0 Å². The van der Waals surface area contributed by atoms with Crippen molar-refractivity contribution < 1.29 is 9.53 Å². The Labute approximate surface area is 101 Å². The molecule has 17 heavy (non-hydrogen) atoms. The van der Waals surface area contributed by atoms with Crippen LogP contribution in [-0.2, 0) is 9.53 Å². The molecule has 0 spiro atoms. The Morgan fingerprint density at radius 3 is 2.82 bits per heavy atom. The Bertz CT molecular complexity index is 398. The van der Waals surface area contributed by atoms with E-state index in [0.29, 0.717) is 19.1 Å². The van der Waals surface area contributed by atoms with Crippen LogP contribution in [0.1, 0.15) is 17.9 Å². The second-order valence-corrected chi connectivity index (χ2v) is 4.83. The predicted octanol–water partition coefficient (Wildman–Crippen LogP) is 1.35. The van der Waals surface area contributed by atoms with Crippen LogP contribution in [0.2, 0.25) is 0 Å². The Hall–Kier alpha value is -1.19. The first kappa shape index (κ1) is 10.9. The molecule has 3 atom stereocenters. The highest BCUT2D eigenvalue weighted by molar-refractivity contribution is 5.89. The number of morpholine rings is 1. The molecule has 1 aromatic rings. The summed E-state index contributed by atoms with van der Waals surface area (Å²) in [6.45, 7) is 2.19. The van der Waals surface area contributed by atoms with Crippen molar-refractivity contribution in [2.75, 3.05) is 19.7 Å². The summed E-state index contributed by atoms with van der Waals surface area (Å²) in [6.07, 6.45) is 0.769. The topological polar surface area (TPSA) is 38.3 Å². The highest BCUT2D eigenvalue weighted by Gasteiger charge is 2.46. The van der Waals surface area contributed by atoms with Crippen molar-refractivity contribution in [3.05, 3.63) is 35.9 Å². The van der Waals surface area contributed by atoms with Gasteiger partial charge in [-0.2, -0.15) is 0 Å². The number of ketones is 1. The van der Waals surface area contributed by atoms with Crippen molar-refractivity contribution in [3.63, 3.8) is 0 Å². The van der Waals surface area contributed by atoms with Gasteiger partial charge in [-0.1, -0.05) is 30.3 Å². The Morgan fingerprint density at radius 2 is 2.12 bits per heavy atom. The molecule has 1 aliphatic carbocycles. The van der Waals surface area contributed by atoms with Crippen molar-refractivity contribution in [3.8, 4) is 0 Å². The summed E-state index contributed by atoms with van der Waals surface area (Å²) >= 11 is 0. The van der Waals surface area contributed by atoms with Gasteiger partial charge in [0.1, 0.15) is 6.10 Å². The molecule has 1 N–H and O–H groups in total. The quantitative estimate of drug-likeness (QED) is 0.853. The standard InChI is InChI=1S/C14H17NO2/c16-14(13-9-15-6-7-17-13)12-8-11(12)10-4-2-1-3-5-10/h1-5,11-13,15H,6-9H2. The number of benzene rings is 1. The molecule has 3 rings (SSSR count). The van der Waals surface area contributed by atoms with Crippen LogP contribution < -0.4 is 5.32 Å². The molecule has 1 saturated carbocycles. The Kier molecular flexibility index (Phi) is 2.95. The zero-order valence-electron chi connectivity index (χ0n) is 9.76. The first-order chi connectivity index (χ1) is 8.36. The lowest BCUT2D eigenvalue weighted by molar-refractivity contribution is -0.133. The summed E-state index contributed by atoms with van der Waals surface area (Å²) in [5.74, 6) is 0.891. The summed E-state index contributed by atoms with van der Waals surface area (Å²) in [7, 11) is 0. The highest BCUT2D eigenvalue weighted by atomic mass is 16.5. The first-order valence-electron chi connectivity index (χ1n) is 6.27. The molecular formula is C14H17NO2. The maximum atomic E-state index is 12.2. The average molecular weight is 231 g/mol. The largest absolute Gasteiger partial charge is 0.368 e. The molecule has 1 aromatic carbocycles. The van der Waals surface area contributed by atoms with E-state index in [-0.39, 0.29) is 17.8 Å². The monoisotopic (exact) mass is 231 g/mol. The van der Waals surface area contributed by atoms with Gasteiger partial charge < -0.3 is 10.1 Å². The fourth-order valence-electron chi connectivity index (χ4n) is 2.57. The summed E-state index contributed by atoms with van der Waals surface area (Å²) in [5, 5.41) is 3.21. The third-order valence-corrected chi connectivity index (χ3v) is 3.63. The van der Waals surface area contributed by atoms with E-state index >= 15 is 0 Å². The van der Waals surface area contributed by atoms with Crippen LogP contribution in [0.25, 0.3) is 0 Å². The molecule has 3 nitrogen and oxygen atoms in total. The summed E-state index contributed by atoms with van der Waals surface area (Å²) in [6, 6.07) is 10.3. The summed E-state index contributed by atoms with van der Waals surface area (Å²) < 4.78 is 5.51. The van der Waals surface area contributed by atoms with Crippen LogP contribution in [0.5, 0.6) is 0 Å². The fourth-order valence-corrected chi connectivity index (χ4v) is 2.57. The van der Waals surface area contributed by atoms with Crippen LogP contribution in [0.15, 0.2) is 30.3 Å². The van der Waals surface area contributed by atoms with Crippen molar-refractivity contribution in [2.45, 2.75) is 18.4 Å². The van der Waals surface area contributed by atoms with Gasteiger partial charge in [0.05, 0.1) is 6.61 Å². The number of rotatable bonds is 3. The van der Waals surface area contributed by atoms with Gasteiger partial charge >= 0.3 is 0 Å². The predicted molar refractivity (Wildman–Crippen MR) is 64.9 cm³/mol. The second kappa shape index (κ2) is 4.59. The SMILES string of the molecule is O=C(C1CNCCO1)C1CC1c1ccccc1. The van der Waals surface area contributed by atoms with Crippen LogP contribution in [0.4, 0.5) is 0 Å². The molecule has 3 heteroatoms. The van der Waals surface area contributed by atoms with E-state index in [4.69, 9.17) is 4.74 Å². The third-order valence-electron chi connectivity index (χ3n) is 3.63. The zero-order chi connectivity index (χ0) is 11.7. The molecule has 1 aliphatic heterocycles. The van der Waals surface area contributed by atoms with Gasteiger partial charge in [-0.15, -0.1) is 0 Å². The van der Waals surface area contributed by atoms with Crippen molar-refractivity contribution in [2.24, 2.45) is 5.92 Å². The van der Waals surface area contributed by atoms with Crippen LogP contribution in [0.3, 0.4) is 0 Å². The third kappa shape index (κ3) is 2.26. The fraction of sp³-hybridized carbons (Fsp3) is 0.500. The molecule has 0 aromatic heterocycles. The maximum absolute atomic E-state index is 12.2. The number of hydrogen-bond acceptors (Lipinski definition) is 3. The summed E-state index contributed by atoms with van der Waals surface area (Å²) in [5.41, 5.74) is 1.29. The van der Waals surface area contributed by atoms with Gasteiger partial charge in [0.2, 0.25) is 0 Å². The highest BCUT2D eigenvalue weighted by Crippen LogP contribution is 2.48. The number of carbonyl (C=O) groups excluding carboxylic acids is 1. The maximum Gasteiger partial charge on any atom is 0.166 e. The van der Waals surface area contributed by atoms with E-state index in [1.165, 1.54) is 5.56 Å². The lowest BCUT2D eigenvalue weighted by atomic mass is 10.0. The molecular weight excluding hydrogens is 214 g/mol. The van der Waals surface area contributed by atoms with Crippen molar-refractivity contribution >= 4 is 5.78 Å². The minimum atomic E-state index is -0.220. The zero-order valence-corrected chi connectivity index (χ0v) is 9.76. The minimum absolute atomic E-state index is 0.183. The number of ether oxygens (including phenoxy) is 1. The smallest absolute Gasteiger partial charge is 0.166 e. The minimum Gasteiger partial charge on any atom is -0.368 e. The van der Waals surface area contributed by atoms with Gasteiger partial charge in [-0.25, -0.2) is 0 Å². The van der Waals surface area contributed by atoms with Crippen LogP contribution in [-0.4, -0.2) is 31.6 Å². The van der Waals surface area contributed by atoms with Crippen molar-refractivity contribution in [1.82, 2.24) is 5.32 Å². The molecule has 2 aliphatic rings. The number of carbonyl (C=O) groups is 1. The van der Waals surface area contributed by atoms with Crippen LogP contribution in [0, 0.1) is 5.92 Å². The summed E-state index contributed by atoms with van der Waals surface area (Å²) in [4.78, 5) is 12.2. The lowest BCUT2D eigenvalue weighted by Crippen LogP contribution is -2.43. The van der Waals surface area contributed by atoms with E-state index in [0.717, 1.165) is 13.0 Å². The number of nitrogens with one attached hydrogen (secondary N) is 1. The average Bonchev–Trinajstić information content (AvgIpc) is 3.20. The Morgan fingerprint density at radius 1 is 1.29 bits per heavy atom. The second-order valence-electron chi connectivity index (χ2n) is 4.83. The van der Waals surface area contributed by atoms with E-state index in [2.05, 4.69) is 17.4 Å². The van der Waals surface area contributed by atoms with Gasteiger partial charge in [-0.3, -0.25) is 4.79 Å². The molecule has 3 unspecified atom stereocenters. The normalized spacial score (nSPS) is 32.1. The van der Waals surface area contributed by atoms with Gasteiger partial charge in [-0.05, 0) is 17.9 Å². The van der Waals surface area contributed by atoms with E-state index in [1.807, 2.05) is 18.2 Å². The molecule has 0 amide bonds. The van der Waals surface area contributed by atoms with Gasteiger partial charge in [0.15, 0.2) is 5.78 Å². The Balaban J connectivity index is 1.62. The lowest BCUT2D eigenvalue weighted by Gasteiger charge is -2.22. The molecule has 0 bridgehead atoms. The molecule has 2 fully saturated rings. The number of hydrogen-bond donors (Lipinski definition) is 1. The van der Waals surface area contributed by atoms with E-state index in [1.54, 1.807) is 0 Å².